The van der Waals surface area contributed by atoms with E-state index in [9.17, 15) is 18.0 Å². The Hall–Kier alpha value is -2.55. The highest BCUT2D eigenvalue weighted by Crippen LogP contribution is 2.32. The molecular weight excluding hydrogens is 380 g/mol. The third-order valence-corrected chi connectivity index (χ3v) is 7.20. The van der Waals surface area contributed by atoms with E-state index in [1.807, 2.05) is 6.07 Å². The van der Waals surface area contributed by atoms with Gasteiger partial charge >= 0.3 is 0 Å². The molecule has 0 radical (unpaired) electrons. The van der Waals surface area contributed by atoms with Gasteiger partial charge in [0.25, 0.3) is 5.56 Å². The van der Waals surface area contributed by atoms with Crippen molar-refractivity contribution in [3.05, 3.63) is 46.6 Å². The number of likely N-dealkylation sites (tertiary alicyclic amines) is 1. The lowest BCUT2D eigenvalue weighted by Crippen LogP contribution is -2.33. The first-order valence-corrected chi connectivity index (χ1v) is 11.3. The van der Waals surface area contributed by atoms with E-state index in [-0.39, 0.29) is 41.4 Å². The average molecular weight is 402 g/mol. The number of rotatable bonds is 4. The Morgan fingerprint density at radius 2 is 2.11 bits per heavy atom. The van der Waals surface area contributed by atoms with Crippen molar-refractivity contribution in [2.75, 3.05) is 18.1 Å². The van der Waals surface area contributed by atoms with Gasteiger partial charge in [0, 0.05) is 25.2 Å². The second-order valence-corrected chi connectivity index (χ2v) is 9.68. The monoisotopic (exact) mass is 402 g/mol. The molecule has 0 unspecified atom stereocenters. The van der Waals surface area contributed by atoms with Crippen LogP contribution in [-0.4, -0.2) is 52.2 Å². The molecule has 28 heavy (non-hydrogen) atoms. The summed E-state index contributed by atoms with van der Waals surface area (Å²) in [5.41, 5.74) is 0.786. The lowest BCUT2D eigenvalue weighted by atomic mass is 10.0. The maximum Gasteiger partial charge on any atom is 0.251 e. The van der Waals surface area contributed by atoms with Gasteiger partial charge in [-0.15, -0.1) is 0 Å². The number of hydrogen-bond acceptors (Lipinski definition) is 6. The van der Waals surface area contributed by atoms with Gasteiger partial charge in [-0.1, -0.05) is 6.07 Å². The van der Waals surface area contributed by atoms with E-state index in [1.54, 1.807) is 23.2 Å². The number of amides is 1. The predicted molar refractivity (Wildman–Crippen MR) is 103 cm³/mol. The van der Waals surface area contributed by atoms with Crippen LogP contribution in [-0.2, 0) is 14.6 Å². The molecule has 2 aliphatic heterocycles. The molecular formula is C19H22N4O4S. The fourth-order valence-electron chi connectivity index (χ4n) is 4.03. The molecule has 4 rings (SSSR count). The average Bonchev–Trinajstić information content (AvgIpc) is 3.28. The van der Waals surface area contributed by atoms with Gasteiger partial charge in [-0.3, -0.25) is 14.6 Å². The second kappa shape index (κ2) is 7.46. The summed E-state index contributed by atoms with van der Waals surface area (Å²) in [6, 6.07) is 6.49. The van der Waals surface area contributed by atoms with E-state index in [2.05, 4.69) is 15.0 Å². The van der Waals surface area contributed by atoms with Gasteiger partial charge in [0.05, 0.1) is 28.9 Å². The fourth-order valence-corrected chi connectivity index (χ4v) is 5.89. The predicted octanol–water partition coefficient (Wildman–Crippen LogP) is 1.32. The zero-order chi connectivity index (χ0) is 19.7. The molecule has 148 valence electrons. The van der Waals surface area contributed by atoms with E-state index >= 15 is 0 Å². The summed E-state index contributed by atoms with van der Waals surface area (Å²) < 4.78 is 23.3. The molecule has 0 aliphatic carbocycles. The smallest absolute Gasteiger partial charge is 0.251 e. The highest BCUT2D eigenvalue weighted by molar-refractivity contribution is 7.91. The van der Waals surface area contributed by atoms with Gasteiger partial charge in [0.15, 0.2) is 9.84 Å². The van der Waals surface area contributed by atoms with Crippen LogP contribution in [0.3, 0.4) is 0 Å². The van der Waals surface area contributed by atoms with E-state index < -0.39 is 9.84 Å². The van der Waals surface area contributed by atoms with Crippen molar-refractivity contribution >= 4 is 15.7 Å². The summed E-state index contributed by atoms with van der Waals surface area (Å²) in [7, 11) is -3.01. The van der Waals surface area contributed by atoms with Crippen molar-refractivity contribution in [3.8, 4) is 11.4 Å². The van der Waals surface area contributed by atoms with Crippen molar-refractivity contribution in [2.24, 2.45) is 5.92 Å². The first-order chi connectivity index (χ1) is 13.4. The molecule has 2 aromatic heterocycles. The van der Waals surface area contributed by atoms with E-state index in [0.717, 1.165) is 6.42 Å². The van der Waals surface area contributed by atoms with Crippen molar-refractivity contribution < 1.29 is 13.2 Å². The van der Waals surface area contributed by atoms with E-state index in [4.69, 9.17) is 0 Å². The van der Waals surface area contributed by atoms with Crippen molar-refractivity contribution in [3.63, 3.8) is 0 Å². The topological polar surface area (TPSA) is 113 Å². The van der Waals surface area contributed by atoms with Crippen LogP contribution in [0.5, 0.6) is 0 Å². The van der Waals surface area contributed by atoms with Crippen LogP contribution >= 0.6 is 0 Å². The van der Waals surface area contributed by atoms with Crippen LogP contribution in [0.4, 0.5) is 0 Å². The summed E-state index contributed by atoms with van der Waals surface area (Å²) in [4.78, 5) is 38.3. The molecule has 0 bridgehead atoms. The Labute approximate surface area is 162 Å². The van der Waals surface area contributed by atoms with Crippen LogP contribution in [0.2, 0.25) is 0 Å². The maximum atomic E-state index is 12.8. The maximum absolute atomic E-state index is 12.8. The summed E-state index contributed by atoms with van der Waals surface area (Å²) in [5.74, 6) is 0.510. The number of hydrogen-bond donors (Lipinski definition) is 1. The molecule has 2 aliphatic rings. The molecule has 0 spiro atoms. The molecule has 8 nitrogen and oxygen atoms in total. The number of carbonyl (C=O) groups is 1. The lowest BCUT2D eigenvalue weighted by molar-refractivity contribution is -0.133. The van der Waals surface area contributed by atoms with E-state index in [0.29, 0.717) is 36.6 Å². The molecule has 9 heteroatoms. The molecule has 2 atom stereocenters. The number of carbonyl (C=O) groups excluding carboxylic acids is 1. The number of nitrogens with one attached hydrogen (secondary N) is 1. The highest BCUT2D eigenvalue weighted by Gasteiger charge is 2.35. The fraction of sp³-hybridized carbons (Fsp3) is 0.474. The van der Waals surface area contributed by atoms with Gasteiger partial charge in [0.2, 0.25) is 5.91 Å². The molecule has 1 N–H and O–H groups in total. The Balaban J connectivity index is 1.56. The Bertz CT molecular complexity index is 1040. The molecule has 4 heterocycles. The first-order valence-electron chi connectivity index (χ1n) is 9.44. The van der Waals surface area contributed by atoms with Gasteiger partial charge in [-0.05, 0) is 37.3 Å². The largest absolute Gasteiger partial charge is 0.333 e. The number of H-pyrrole nitrogens is 1. The van der Waals surface area contributed by atoms with Gasteiger partial charge in [0.1, 0.15) is 5.82 Å². The van der Waals surface area contributed by atoms with Crippen molar-refractivity contribution in [1.29, 1.82) is 0 Å². The molecule has 2 aromatic rings. The van der Waals surface area contributed by atoms with Crippen LogP contribution in [0.25, 0.3) is 11.4 Å². The number of nitrogens with zero attached hydrogens (tertiary/aromatic N) is 3. The number of sulfone groups is 1. The molecule has 2 saturated heterocycles. The Morgan fingerprint density at radius 3 is 2.82 bits per heavy atom. The molecule has 0 saturated carbocycles. The van der Waals surface area contributed by atoms with Gasteiger partial charge in [-0.2, -0.15) is 0 Å². The minimum Gasteiger partial charge on any atom is -0.333 e. The Kier molecular flexibility index (Phi) is 5.01. The lowest BCUT2D eigenvalue weighted by Gasteiger charge is -2.25. The van der Waals surface area contributed by atoms with Crippen LogP contribution in [0.15, 0.2) is 35.3 Å². The van der Waals surface area contributed by atoms with Crippen LogP contribution < -0.4 is 5.56 Å². The van der Waals surface area contributed by atoms with Crippen molar-refractivity contribution in [2.45, 2.75) is 31.7 Å². The SMILES string of the molecule is O=C(C[C@H]1CCS(=O)(=O)C1)N1CCC[C@H]1c1nc(-c2ccccn2)cc(=O)[nH]1. The summed E-state index contributed by atoms with van der Waals surface area (Å²) in [5, 5.41) is 0. The number of aromatic nitrogens is 3. The summed E-state index contributed by atoms with van der Waals surface area (Å²) >= 11 is 0. The third kappa shape index (κ3) is 3.99. The highest BCUT2D eigenvalue weighted by atomic mass is 32.2. The summed E-state index contributed by atoms with van der Waals surface area (Å²) in [6.07, 6.45) is 3.93. The molecule has 1 amide bonds. The van der Waals surface area contributed by atoms with Crippen LogP contribution in [0, 0.1) is 5.92 Å². The standard InChI is InChI=1S/C19H22N4O4S/c24-17-11-15(14-4-1-2-7-20-14)21-19(22-17)16-5-3-8-23(16)18(25)10-13-6-9-28(26,27)12-13/h1-2,4,7,11,13,16H,3,5-6,8-10,12H2,(H,21,22,24)/t13-,16+/m1/s1. The minimum absolute atomic E-state index is 0.0736. The molecule has 0 aromatic carbocycles. The van der Waals surface area contributed by atoms with Crippen LogP contribution in [0.1, 0.15) is 37.5 Å². The van der Waals surface area contributed by atoms with E-state index in [1.165, 1.54) is 6.07 Å². The zero-order valence-electron chi connectivity index (χ0n) is 15.4. The normalized spacial score (nSPS) is 23.8. The quantitative estimate of drug-likeness (QED) is 0.825. The van der Waals surface area contributed by atoms with Gasteiger partial charge < -0.3 is 9.88 Å². The third-order valence-electron chi connectivity index (χ3n) is 5.37. The second-order valence-electron chi connectivity index (χ2n) is 7.45. The first kappa shape index (κ1) is 18.8. The van der Waals surface area contributed by atoms with Crippen molar-refractivity contribution in [1.82, 2.24) is 19.9 Å². The summed E-state index contributed by atoms with van der Waals surface area (Å²) in [6.45, 7) is 0.584. The minimum atomic E-state index is -3.01. The number of pyridine rings is 1. The number of aromatic amines is 1. The zero-order valence-corrected chi connectivity index (χ0v) is 16.2. The Morgan fingerprint density at radius 1 is 1.25 bits per heavy atom. The van der Waals surface area contributed by atoms with Gasteiger partial charge in [-0.25, -0.2) is 13.4 Å². The molecule has 2 fully saturated rings.